The van der Waals surface area contributed by atoms with E-state index in [1.807, 2.05) is 68.4 Å². The van der Waals surface area contributed by atoms with E-state index >= 15 is 4.79 Å². The highest BCUT2D eigenvalue weighted by Crippen LogP contribution is 2.66. The summed E-state index contributed by atoms with van der Waals surface area (Å²) in [6.07, 6.45) is 7.74. The molecular formula is C38H50O6. The molecule has 0 aromatic heterocycles. The summed E-state index contributed by atoms with van der Waals surface area (Å²) in [5.74, 6) is -5.51. The molecule has 0 amide bonds. The fourth-order valence-electron chi connectivity index (χ4n) is 7.29. The summed E-state index contributed by atoms with van der Waals surface area (Å²) in [6, 6.07) is 3.54. The van der Waals surface area contributed by atoms with Gasteiger partial charge in [0, 0.05) is 5.56 Å². The number of hydrogen-bond acceptors (Lipinski definition) is 6. The first-order valence-electron chi connectivity index (χ1n) is 15.6. The Morgan fingerprint density at radius 3 is 2.02 bits per heavy atom. The molecule has 238 valence electrons. The number of aromatic hydroxyl groups is 2. The lowest BCUT2D eigenvalue weighted by molar-refractivity contribution is -0.184. The monoisotopic (exact) mass is 602 g/mol. The van der Waals surface area contributed by atoms with E-state index in [0.29, 0.717) is 12.8 Å². The Morgan fingerprint density at radius 2 is 1.50 bits per heavy atom. The molecule has 2 bridgehead atoms. The number of phenolic OH excluding ortho intramolecular Hbond substituents is 2. The van der Waals surface area contributed by atoms with E-state index < -0.39 is 51.0 Å². The Kier molecular flexibility index (Phi) is 10.2. The zero-order chi connectivity index (χ0) is 33.4. The zero-order valence-electron chi connectivity index (χ0n) is 28.0. The minimum absolute atomic E-state index is 0.0631. The van der Waals surface area contributed by atoms with Crippen molar-refractivity contribution < 1.29 is 29.4 Å². The van der Waals surface area contributed by atoms with E-state index in [0.717, 1.165) is 34.4 Å². The van der Waals surface area contributed by atoms with Crippen LogP contribution in [0, 0.1) is 34.0 Å². The fourth-order valence-corrected chi connectivity index (χ4v) is 7.29. The van der Waals surface area contributed by atoms with Crippen LogP contribution in [0.2, 0.25) is 0 Å². The van der Waals surface area contributed by atoms with Crippen LogP contribution < -0.4 is 0 Å². The molecule has 44 heavy (non-hydrogen) atoms. The van der Waals surface area contributed by atoms with Crippen molar-refractivity contribution in [3.05, 3.63) is 70.9 Å². The van der Waals surface area contributed by atoms with Gasteiger partial charge in [0.2, 0.25) is 0 Å². The molecule has 2 aliphatic rings. The Morgan fingerprint density at radius 1 is 0.909 bits per heavy atom. The maximum atomic E-state index is 15.2. The van der Waals surface area contributed by atoms with Gasteiger partial charge in [-0.05, 0) is 116 Å². The van der Waals surface area contributed by atoms with E-state index in [4.69, 9.17) is 0 Å². The highest BCUT2D eigenvalue weighted by molar-refractivity contribution is 6.38. The third kappa shape index (κ3) is 6.05. The smallest absolute Gasteiger partial charge is 0.181 e. The largest absolute Gasteiger partial charge is 0.504 e. The van der Waals surface area contributed by atoms with E-state index in [1.54, 1.807) is 0 Å². The van der Waals surface area contributed by atoms with E-state index in [2.05, 4.69) is 18.7 Å². The maximum absolute atomic E-state index is 15.2. The Bertz CT molecular complexity index is 1460. The van der Waals surface area contributed by atoms with Gasteiger partial charge < -0.3 is 10.2 Å². The van der Waals surface area contributed by atoms with Gasteiger partial charge in [-0.1, -0.05) is 60.9 Å². The average Bonchev–Trinajstić information content (AvgIpc) is 2.91. The lowest BCUT2D eigenvalue weighted by Gasteiger charge is -2.61. The van der Waals surface area contributed by atoms with Gasteiger partial charge >= 0.3 is 0 Å². The van der Waals surface area contributed by atoms with Crippen molar-refractivity contribution in [2.75, 3.05) is 0 Å². The first kappa shape index (κ1) is 34.9. The third-order valence-electron chi connectivity index (χ3n) is 10.2. The van der Waals surface area contributed by atoms with Gasteiger partial charge in [0.1, 0.15) is 5.92 Å². The van der Waals surface area contributed by atoms with E-state index in [-0.39, 0.29) is 42.4 Å². The lowest BCUT2D eigenvalue weighted by Crippen LogP contribution is -2.72. The summed E-state index contributed by atoms with van der Waals surface area (Å²) >= 11 is 0. The Hall–Kier alpha value is -3.54. The summed E-state index contributed by atoms with van der Waals surface area (Å²) < 4.78 is 0. The van der Waals surface area contributed by atoms with Crippen molar-refractivity contribution in [2.24, 2.45) is 34.0 Å². The molecule has 2 fully saturated rings. The van der Waals surface area contributed by atoms with Crippen LogP contribution in [0.5, 0.6) is 11.5 Å². The first-order valence-corrected chi connectivity index (χ1v) is 15.6. The van der Waals surface area contributed by atoms with Crippen LogP contribution >= 0.6 is 0 Å². The van der Waals surface area contributed by atoms with Gasteiger partial charge in [-0.25, -0.2) is 0 Å². The van der Waals surface area contributed by atoms with Crippen molar-refractivity contribution in [3.8, 4) is 11.5 Å². The van der Waals surface area contributed by atoms with Crippen LogP contribution in [0.25, 0.3) is 0 Å². The second-order valence-corrected chi connectivity index (χ2v) is 14.4. The molecule has 0 radical (unpaired) electrons. The highest BCUT2D eigenvalue weighted by Gasteiger charge is 2.75. The number of Topliss-reactive ketones (excluding diaryl/α,β-unsaturated/α-hetero) is 4. The van der Waals surface area contributed by atoms with Crippen LogP contribution in [0.15, 0.2) is 65.3 Å². The van der Waals surface area contributed by atoms with Crippen LogP contribution in [-0.2, 0) is 14.4 Å². The summed E-state index contributed by atoms with van der Waals surface area (Å²) in [4.78, 5) is 59.1. The van der Waals surface area contributed by atoms with Crippen molar-refractivity contribution in [2.45, 2.75) is 94.4 Å². The second-order valence-electron chi connectivity index (χ2n) is 14.4. The topological polar surface area (TPSA) is 109 Å². The van der Waals surface area contributed by atoms with Gasteiger partial charge in [-0.2, -0.15) is 0 Å². The number of hydrogen-bond donors (Lipinski definition) is 2. The standard InChI is InChI=1S/C38H50O6/c1-22(2)11-13-27(25(7)8)20-37-21-28(15-12-23(3)4)36(9,10)38(35(37)44,18-17-24(5)6)34(43)31(33(37)42)32(41)26-14-16-29(39)30(40)19-26/h11-12,14,16-17,19,27-28,31,39-40H,7,13,15,18,20-21H2,1-6,8-10H3. The Labute approximate surface area is 263 Å². The SMILES string of the molecule is C=C(C)C(CC=C(C)C)CC12CC(CC=C(C)C)C(C)(C)C(CC=C(C)C)(C(=O)C(C(=O)c3ccc(O)c(O)c3)C1=O)C2=O. The number of ketones is 4. The first-order chi connectivity index (χ1) is 20.3. The molecule has 5 atom stereocenters. The molecule has 2 saturated carbocycles. The van der Waals surface area contributed by atoms with Crippen LogP contribution in [0.1, 0.15) is 105 Å². The van der Waals surface area contributed by atoms with Gasteiger partial charge in [0.05, 0.1) is 10.8 Å². The molecule has 0 saturated heterocycles. The van der Waals surface area contributed by atoms with Gasteiger partial charge in [-0.3, -0.25) is 19.2 Å². The molecule has 5 unspecified atom stereocenters. The minimum atomic E-state index is -1.71. The van der Waals surface area contributed by atoms with Crippen molar-refractivity contribution >= 4 is 23.1 Å². The summed E-state index contributed by atoms with van der Waals surface area (Å²) in [5.41, 5.74) is -0.153. The third-order valence-corrected chi connectivity index (χ3v) is 10.2. The lowest BCUT2D eigenvalue weighted by atomic mass is 9.37. The summed E-state index contributed by atoms with van der Waals surface area (Å²) in [6.45, 7) is 21.8. The molecule has 2 N–H and O–H groups in total. The predicted molar refractivity (Wildman–Crippen MR) is 174 cm³/mol. The molecule has 6 nitrogen and oxygen atoms in total. The number of carbonyl (C=O) groups excluding carboxylic acids is 4. The normalized spacial score (nSPS) is 26.4. The Balaban J connectivity index is 2.39. The average molecular weight is 603 g/mol. The van der Waals surface area contributed by atoms with E-state index in [9.17, 15) is 24.6 Å². The second kappa shape index (κ2) is 12.8. The van der Waals surface area contributed by atoms with E-state index in [1.165, 1.54) is 6.07 Å². The van der Waals surface area contributed by atoms with Crippen LogP contribution in [0.3, 0.4) is 0 Å². The molecule has 1 aromatic carbocycles. The number of benzene rings is 1. The maximum Gasteiger partial charge on any atom is 0.181 e. The zero-order valence-corrected chi connectivity index (χ0v) is 28.0. The van der Waals surface area contributed by atoms with Crippen molar-refractivity contribution in [3.63, 3.8) is 0 Å². The predicted octanol–water partition coefficient (Wildman–Crippen LogP) is 8.29. The molecule has 0 heterocycles. The fraction of sp³-hybridized carbons (Fsp3) is 0.526. The molecule has 2 aliphatic carbocycles. The molecule has 0 spiro atoms. The highest BCUT2D eigenvalue weighted by atomic mass is 16.3. The molecule has 0 aliphatic heterocycles. The minimum Gasteiger partial charge on any atom is -0.504 e. The molecule has 1 aromatic rings. The van der Waals surface area contributed by atoms with Crippen LogP contribution in [0.4, 0.5) is 0 Å². The number of phenols is 2. The number of allylic oxidation sites excluding steroid dienone is 7. The quantitative estimate of drug-likeness (QED) is 0.114. The van der Waals surface area contributed by atoms with Gasteiger partial charge in [0.25, 0.3) is 0 Å². The van der Waals surface area contributed by atoms with Crippen molar-refractivity contribution in [1.82, 2.24) is 0 Å². The van der Waals surface area contributed by atoms with Gasteiger partial charge in [0.15, 0.2) is 34.6 Å². The number of carbonyl (C=O) groups is 4. The van der Waals surface area contributed by atoms with Gasteiger partial charge in [-0.15, -0.1) is 0 Å². The van der Waals surface area contributed by atoms with Crippen LogP contribution in [-0.4, -0.2) is 33.3 Å². The number of fused-ring (bicyclic) bond motifs is 2. The van der Waals surface area contributed by atoms with Crippen molar-refractivity contribution in [1.29, 1.82) is 0 Å². The summed E-state index contributed by atoms with van der Waals surface area (Å²) in [7, 11) is 0. The molecular weight excluding hydrogens is 552 g/mol. The molecule has 6 heteroatoms. The number of rotatable bonds is 11. The molecule has 3 rings (SSSR count). The summed E-state index contributed by atoms with van der Waals surface area (Å²) in [5, 5.41) is 20.1.